The standard InChI is InChI=1S/C15H14N2O4S/c1-21-15(20)11-2-4-12(5-3-11)17-14(19)13(18)16-8-10-6-7-22-9-10/h2-7,9H,8H2,1H3,(H,16,18)(H,17,19). The van der Waals surface area contributed by atoms with Crippen LogP contribution in [-0.2, 0) is 20.9 Å². The number of nitrogens with one attached hydrogen (secondary N) is 2. The Morgan fingerprint density at radius 1 is 1.09 bits per heavy atom. The largest absolute Gasteiger partial charge is 0.465 e. The van der Waals surface area contributed by atoms with E-state index in [1.165, 1.54) is 42.7 Å². The van der Waals surface area contributed by atoms with Gasteiger partial charge in [-0.2, -0.15) is 11.3 Å². The number of hydrogen-bond acceptors (Lipinski definition) is 5. The lowest BCUT2D eigenvalue weighted by Gasteiger charge is -2.06. The molecule has 22 heavy (non-hydrogen) atoms. The molecule has 1 heterocycles. The lowest BCUT2D eigenvalue weighted by Crippen LogP contribution is -2.34. The second kappa shape index (κ2) is 7.37. The number of anilines is 1. The van der Waals surface area contributed by atoms with Crippen molar-refractivity contribution in [1.82, 2.24) is 5.32 Å². The summed E-state index contributed by atoms with van der Waals surface area (Å²) in [6.45, 7) is 0.303. The average molecular weight is 318 g/mol. The molecule has 2 rings (SSSR count). The maximum atomic E-state index is 11.7. The number of carbonyl (C=O) groups excluding carboxylic acids is 3. The Labute approximate surface area is 131 Å². The van der Waals surface area contributed by atoms with E-state index in [-0.39, 0.29) is 0 Å². The van der Waals surface area contributed by atoms with Crippen molar-refractivity contribution in [3.8, 4) is 0 Å². The number of carbonyl (C=O) groups is 3. The van der Waals surface area contributed by atoms with E-state index in [2.05, 4.69) is 15.4 Å². The van der Waals surface area contributed by atoms with Crippen molar-refractivity contribution < 1.29 is 19.1 Å². The number of amides is 2. The summed E-state index contributed by atoms with van der Waals surface area (Å²) in [7, 11) is 1.29. The fraction of sp³-hybridized carbons (Fsp3) is 0.133. The van der Waals surface area contributed by atoms with Crippen LogP contribution in [0, 0.1) is 0 Å². The van der Waals surface area contributed by atoms with Gasteiger partial charge in [-0.3, -0.25) is 9.59 Å². The molecule has 0 radical (unpaired) electrons. The van der Waals surface area contributed by atoms with Crippen molar-refractivity contribution in [2.24, 2.45) is 0 Å². The minimum absolute atomic E-state index is 0.303. The summed E-state index contributed by atoms with van der Waals surface area (Å²) in [5, 5.41) is 8.77. The van der Waals surface area contributed by atoms with E-state index in [4.69, 9.17) is 0 Å². The van der Waals surface area contributed by atoms with E-state index in [0.717, 1.165) is 5.56 Å². The molecule has 114 valence electrons. The number of ether oxygens (including phenoxy) is 1. The summed E-state index contributed by atoms with van der Waals surface area (Å²) in [5.74, 6) is -1.95. The van der Waals surface area contributed by atoms with Gasteiger partial charge >= 0.3 is 17.8 Å². The van der Waals surface area contributed by atoms with Gasteiger partial charge in [0.1, 0.15) is 0 Å². The average Bonchev–Trinajstić information content (AvgIpc) is 3.06. The van der Waals surface area contributed by atoms with Gasteiger partial charge in [0.2, 0.25) is 0 Å². The molecule has 6 nitrogen and oxygen atoms in total. The van der Waals surface area contributed by atoms with Gasteiger partial charge in [0, 0.05) is 12.2 Å². The number of rotatable bonds is 4. The van der Waals surface area contributed by atoms with Crippen LogP contribution in [0.4, 0.5) is 5.69 Å². The van der Waals surface area contributed by atoms with E-state index < -0.39 is 17.8 Å². The van der Waals surface area contributed by atoms with Crippen LogP contribution in [-0.4, -0.2) is 24.9 Å². The van der Waals surface area contributed by atoms with Crippen molar-refractivity contribution in [3.05, 3.63) is 52.2 Å². The van der Waals surface area contributed by atoms with Crippen molar-refractivity contribution in [2.45, 2.75) is 6.54 Å². The third kappa shape index (κ3) is 4.16. The molecule has 0 atom stereocenters. The van der Waals surface area contributed by atoms with Gasteiger partial charge in [0.05, 0.1) is 12.7 Å². The van der Waals surface area contributed by atoms with Crippen molar-refractivity contribution in [3.63, 3.8) is 0 Å². The number of esters is 1. The van der Waals surface area contributed by atoms with Gasteiger partial charge in [0.15, 0.2) is 0 Å². The van der Waals surface area contributed by atoms with Gasteiger partial charge in [-0.15, -0.1) is 0 Å². The normalized spacial score (nSPS) is 9.86. The van der Waals surface area contributed by atoms with E-state index in [1.807, 2.05) is 16.8 Å². The SMILES string of the molecule is COC(=O)c1ccc(NC(=O)C(=O)NCc2ccsc2)cc1. The first kappa shape index (κ1) is 15.7. The summed E-state index contributed by atoms with van der Waals surface area (Å²) >= 11 is 1.52. The molecule has 7 heteroatoms. The third-order valence-corrected chi connectivity index (χ3v) is 3.54. The summed E-state index contributed by atoms with van der Waals surface area (Å²) in [4.78, 5) is 34.7. The Hall–Kier alpha value is -2.67. The van der Waals surface area contributed by atoms with Crippen LogP contribution in [0.2, 0.25) is 0 Å². The zero-order valence-corrected chi connectivity index (χ0v) is 12.6. The monoisotopic (exact) mass is 318 g/mol. The van der Waals surface area contributed by atoms with Crippen LogP contribution >= 0.6 is 11.3 Å². The molecule has 2 N–H and O–H groups in total. The highest BCUT2D eigenvalue weighted by Gasteiger charge is 2.13. The second-order valence-corrected chi connectivity index (χ2v) is 5.12. The maximum Gasteiger partial charge on any atom is 0.337 e. The smallest absolute Gasteiger partial charge is 0.337 e. The number of hydrogen-bond donors (Lipinski definition) is 2. The van der Waals surface area contributed by atoms with E-state index in [9.17, 15) is 14.4 Å². The highest BCUT2D eigenvalue weighted by Crippen LogP contribution is 2.10. The lowest BCUT2D eigenvalue weighted by molar-refractivity contribution is -0.136. The maximum absolute atomic E-state index is 11.7. The van der Waals surface area contributed by atoms with E-state index >= 15 is 0 Å². The molecule has 1 aromatic carbocycles. The molecule has 0 bridgehead atoms. The van der Waals surface area contributed by atoms with Gasteiger partial charge in [-0.1, -0.05) is 0 Å². The molecule has 0 aliphatic heterocycles. The quantitative estimate of drug-likeness (QED) is 0.665. The molecular weight excluding hydrogens is 304 g/mol. The highest BCUT2D eigenvalue weighted by atomic mass is 32.1. The lowest BCUT2D eigenvalue weighted by atomic mass is 10.2. The number of methoxy groups -OCH3 is 1. The summed E-state index contributed by atoms with van der Waals surface area (Å²) < 4.78 is 4.57. The van der Waals surface area contributed by atoms with Crippen LogP contribution in [0.5, 0.6) is 0 Å². The van der Waals surface area contributed by atoms with Gasteiger partial charge in [-0.25, -0.2) is 4.79 Å². The first-order chi connectivity index (χ1) is 10.6. The summed E-state index contributed by atoms with van der Waals surface area (Å²) in [6, 6.07) is 7.93. The van der Waals surface area contributed by atoms with E-state index in [1.54, 1.807) is 0 Å². The molecule has 1 aromatic heterocycles. The fourth-order valence-electron chi connectivity index (χ4n) is 1.65. The van der Waals surface area contributed by atoms with Crippen LogP contribution in [0.25, 0.3) is 0 Å². The van der Waals surface area contributed by atoms with Crippen LogP contribution < -0.4 is 10.6 Å². The minimum atomic E-state index is -0.763. The molecule has 2 aromatic rings. The number of benzene rings is 1. The highest BCUT2D eigenvalue weighted by molar-refractivity contribution is 7.07. The predicted octanol–water partition coefficient (Wildman–Crippen LogP) is 1.79. The molecule has 2 amide bonds. The summed E-state index contributed by atoms with van der Waals surface area (Å²) in [5.41, 5.74) is 1.72. The Balaban J connectivity index is 1.88. The van der Waals surface area contributed by atoms with Crippen molar-refractivity contribution in [1.29, 1.82) is 0 Å². The zero-order valence-electron chi connectivity index (χ0n) is 11.8. The topological polar surface area (TPSA) is 84.5 Å². The van der Waals surface area contributed by atoms with Crippen LogP contribution in [0.15, 0.2) is 41.1 Å². The molecule has 0 spiro atoms. The Kier molecular flexibility index (Phi) is 5.26. The molecular formula is C15H14N2O4S. The third-order valence-electron chi connectivity index (χ3n) is 2.80. The molecule has 0 aliphatic rings. The molecule has 0 fully saturated rings. The van der Waals surface area contributed by atoms with Crippen molar-refractivity contribution in [2.75, 3.05) is 12.4 Å². The predicted molar refractivity (Wildman–Crippen MR) is 82.6 cm³/mol. The fourth-order valence-corrected chi connectivity index (χ4v) is 2.32. The van der Waals surface area contributed by atoms with Crippen molar-refractivity contribution >= 4 is 34.8 Å². The first-order valence-electron chi connectivity index (χ1n) is 6.39. The van der Waals surface area contributed by atoms with E-state index in [0.29, 0.717) is 17.8 Å². The zero-order chi connectivity index (χ0) is 15.9. The number of thiophene rings is 1. The minimum Gasteiger partial charge on any atom is -0.465 e. The Bertz CT molecular complexity index is 665. The molecule has 0 aliphatic carbocycles. The Morgan fingerprint density at radius 3 is 2.41 bits per heavy atom. The molecule has 0 unspecified atom stereocenters. The molecule has 0 saturated heterocycles. The Morgan fingerprint density at radius 2 is 1.82 bits per heavy atom. The van der Waals surface area contributed by atoms with Crippen LogP contribution in [0.3, 0.4) is 0 Å². The van der Waals surface area contributed by atoms with Gasteiger partial charge < -0.3 is 15.4 Å². The van der Waals surface area contributed by atoms with Gasteiger partial charge in [-0.05, 0) is 46.7 Å². The first-order valence-corrected chi connectivity index (χ1v) is 7.33. The second-order valence-electron chi connectivity index (χ2n) is 4.34. The van der Waals surface area contributed by atoms with Crippen LogP contribution in [0.1, 0.15) is 15.9 Å². The summed E-state index contributed by atoms with van der Waals surface area (Å²) in [6.07, 6.45) is 0. The molecule has 0 saturated carbocycles. The van der Waals surface area contributed by atoms with Gasteiger partial charge in [0.25, 0.3) is 0 Å².